The Bertz CT molecular complexity index is 746. The molecule has 0 bridgehead atoms. The predicted molar refractivity (Wildman–Crippen MR) is 97.9 cm³/mol. The van der Waals surface area contributed by atoms with Crippen molar-refractivity contribution >= 4 is 11.8 Å². The molecule has 2 amide bonds. The summed E-state index contributed by atoms with van der Waals surface area (Å²) in [7, 11) is 0. The Balaban J connectivity index is 1.58. The average molecular weight is 354 g/mol. The highest BCUT2D eigenvalue weighted by atomic mass is 19.1. The molecule has 0 spiro atoms. The number of benzene rings is 2. The number of rotatable bonds is 6. The van der Waals surface area contributed by atoms with Crippen molar-refractivity contribution in [3.05, 3.63) is 71.5 Å². The number of piperazine rings is 1. The van der Waals surface area contributed by atoms with Crippen LogP contribution >= 0.6 is 0 Å². The van der Waals surface area contributed by atoms with E-state index in [1.54, 1.807) is 17.0 Å². The molecule has 1 heterocycles. The highest BCUT2D eigenvalue weighted by molar-refractivity contribution is 5.89. The zero-order valence-electron chi connectivity index (χ0n) is 14.7. The molecule has 1 N–H and O–H groups in total. The third-order valence-electron chi connectivity index (χ3n) is 4.67. The summed E-state index contributed by atoms with van der Waals surface area (Å²) in [6.07, 6.45) is 3.06. The molecule has 1 aliphatic heterocycles. The Morgan fingerprint density at radius 3 is 2.54 bits per heavy atom. The average Bonchev–Trinajstić information content (AvgIpc) is 2.66. The van der Waals surface area contributed by atoms with Gasteiger partial charge in [-0.1, -0.05) is 42.5 Å². The fraction of sp³-hybridized carbons (Fsp3) is 0.333. The van der Waals surface area contributed by atoms with Gasteiger partial charge < -0.3 is 10.2 Å². The Morgan fingerprint density at radius 2 is 1.81 bits per heavy atom. The maximum absolute atomic E-state index is 13.2. The van der Waals surface area contributed by atoms with Crippen LogP contribution in [0.3, 0.4) is 0 Å². The van der Waals surface area contributed by atoms with Gasteiger partial charge in [0.05, 0.1) is 0 Å². The van der Waals surface area contributed by atoms with Crippen LogP contribution in [0.5, 0.6) is 0 Å². The summed E-state index contributed by atoms with van der Waals surface area (Å²) >= 11 is 0. The van der Waals surface area contributed by atoms with Crippen LogP contribution < -0.4 is 5.32 Å². The molecule has 0 aromatic heterocycles. The van der Waals surface area contributed by atoms with E-state index in [2.05, 4.69) is 17.4 Å². The largest absolute Gasteiger partial charge is 0.352 e. The first kappa shape index (κ1) is 18.1. The van der Waals surface area contributed by atoms with Crippen LogP contribution in [0, 0.1) is 5.82 Å². The van der Waals surface area contributed by atoms with Gasteiger partial charge in [0.1, 0.15) is 11.9 Å². The van der Waals surface area contributed by atoms with E-state index in [1.807, 2.05) is 18.2 Å². The van der Waals surface area contributed by atoms with Crippen molar-refractivity contribution in [1.29, 1.82) is 0 Å². The minimum absolute atomic E-state index is 0.0257. The molecule has 3 rings (SSSR count). The SMILES string of the molecule is O=C1NCCN(C(=O)CCCCc2ccccc2)C1c1ccc(F)cc1. The van der Waals surface area contributed by atoms with E-state index in [1.165, 1.54) is 17.7 Å². The van der Waals surface area contributed by atoms with Gasteiger partial charge in [0.15, 0.2) is 0 Å². The fourth-order valence-electron chi connectivity index (χ4n) is 3.31. The number of unbranched alkanes of at least 4 members (excludes halogenated alkanes) is 1. The lowest BCUT2D eigenvalue weighted by Crippen LogP contribution is -2.52. The van der Waals surface area contributed by atoms with E-state index in [0.29, 0.717) is 25.1 Å². The number of aryl methyl sites for hydroxylation is 1. The first-order valence-corrected chi connectivity index (χ1v) is 9.02. The zero-order valence-corrected chi connectivity index (χ0v) is 14.7. The van der Waals surface area contributed by atoms with Crippen LogP contribution in [0.25, 0.3) is 0 Å². The third-order valence-corrected chi connectivity index (χ3v) is 4.67. The van der Waals surface area contributed by atoms with E-state index in [4.69, 9.17) is 0 Å². The zero-order chi connectivity index (χ0) is 18.4. The molecule has 4 nitrogen and oxygen atoms in total. The summed E-state index contributed by atoms with van der Waals surface area (Å²) in [6, 6.07) is 15.3. The standard InChI is InChI=1S/C21H23FN2O2/c22-18-12-10-17(11-13-18)20-21(26)23-14-15-24(20)19(25)9-5-4-8-16-6-2-1-3-7-16/h1-3,6-7,10-13,20H,4-5,8-9,14-15H2,(H,23,26). The second kappa shape index (κ2) is 8.61. The van der Waals surface area contributed by atoms with Gasteiger partial charge in [-0.25, -0.2) is 4.39 Å². The monoisotopic (exact) mass is 354 g/mol. The normalized spacial score (nSPS) is 17.0. The number of carbonyl (C=O) groups excluding carboxylic acids is 2. The lowest BCUT2D eigenvalue weighted by Gasteiger charge is -2.35. The van der Waals surface area contributed by atoms with Crippen LogP contribution in [0.1, 0.15) is 36.4 Å². The predicted octanol–water partition coefficient (Wildman–Crippen LogP) is 3.24. The molecule has 1 saturated heterocycles. The molecule has 1 aliphatic rings. The lowest BCUT2D eigenvalue weighted by atomic mass is 10.0. The van der Waals surface area contributed by atoms with Crippen LogP contribution in [0.15, 0.2) is 54.6 Å². The van der Waals surface area contributed by atoms with Crippen molar-refractivity contribution in [2.24, 2.45) is 0 Å². The van der Waals surface area contributed by atoms with Gasteiger partial charge in [-0.3, -0.25) is 9.59 Å². The van der Waals surface area contributed by atoms with E-state index in [9.17, 15) is 14.0 Å². The van der Waals surface area contributed by atoms with Crippen LogP contribution in [-0.4, -0.2) is 29.8 Å². The van der Waals surface area contributed by atoms with Crippen molar-refractivity contribution in [3.63, 3.8) is 0 Å². The summed E-state index contributed by atoms with van der Waals surface area (Å²) in [4.78, 5) is 26.6. The third kappa shape index (κ3) is 4.48. The van der Waals surface area contributed by atoms with Gasteiger partial charge in [-0.2, -0.15) is 0 Å². The molecule has 1 unspecified atom stereocenters. The summed E-state index contributed by atoms with van der Waals surface area (Å²) < 4.78 is 13.2. The molecule has 0 aliphatic carbocycles. The molecule has 1 fully saturated rings. The minimum atomic E-state index is -0.675. The smallest absolute Gasteiger partial charge is 0.247 e. The summed E-state index contributed by atoms with van der Waals surface area (Å²) in [5, 5.41) is 2.79. The molecule has 136 valence electrons. The molecular weight excluding hydrogens is 331 g/mol. The first-order chi connectivity index (χ1) is 12.6. The highest BCUT2D eigenvalue weighted by Gasteiger charge is 2.33. The summed E-state index contributed by atoms with van der Waals surface area (Å²) in [6.45, 7) is 0.928. The molecule has 1 atom stereocenters. The number of hydrogen-bond donors (Lipinski definition) is 1. The topological polar surface area (TPSA) is 49.4 Å². The number of nitrogens with one attached hydrogen (secondary N) is 1. The minimum Gasteiger partial charge on any atom is -0.352 e. The van der Waals surface area contributed by atoms with Gasteiger partial charge in [0.2, 0.25) is 11.8 Å². The maximum atomic E-state index is 13.2. The Morgan fingerprint density at radius 1 is 1.08 bits per heavy atom. The van der Waals surface area contributed by atoms with E-state index in [0.717, 1.165) is 19.3 Å². The Hall–Kier alpha value is -2.69. The first-order valence-electron chi connectivity index (χ1n) is 9.02. The van der Waals surface area contributed by atoms with Crippen LogP contribution in [0.2, 0.25) is 0 Å². The number of halogens is 1. The summed E-state index contributed by atoms with van der Waals surface area (Å²) in [5.74, 6) is -0.591. The number of amides is 2. The number of carbonyl (C=O) groups is 2. The van der Waals surface area contributed by atoms with Crippen LogP contribution in [0.4, 0.5) is 4.39 Å². The molecule has 26 heavy (non-hydrogen) atoms. The molecule has 0 saturated carbocycles. The quantitative estimate of drug-likeness (QED) is 0.810. The van der Waals surface area contributed by atoms with Gasteiger partial charge in [0, 0.05) is 19.5 Å². The molecule has 2 aromatic carbocycles. The molecular formula is C21H23FN2O2. The number of hydrogen-bond acceptors (Lipinski definition) is 2. The summed E-state index contributed by atoms with van der Waals surface area (Å²) in [5.41, 5.74) is 1.91. The van der Waals surface area contributed by atoms with Crippen molar-refractivity contribution < 1.29 is 14.0 Å². The maximum Gasteiger partial charge on any atom is 0.247 e. The lowest BCUT2D eigenvalue weighted by molar-refractivity contribution is -0.143. The van der Waals surface area contributed by atoms with E-state index in [-0.39, 0.29) is 17.6 Å². The van der Waals surface area contributed by atoms with Crippen LogP contribution in [-0.2, 0) is 16.0 Å². The second-order valence-corrected chi connectivity index (χ2v) is 6.52. The Labute approximate surface area is 153 Å². The second-order valence-electron chi connectivity index (χ2n) is 6.52. The van der Waals surface area contributed by atoms with Crippen molar-refractivity contribution in [2.75, 3.05) is 13.1 Å². The van der Waals surface area contributed by atoms with Crippen molar-refractivity contribution in [2.45, 2.75) is 31.7 Å². The molecule has 2 aromatic rings. The van der Waals surface area contributed by atoms with Gasteiger partial charge in [-0.05, 0) is 42.5 Å². The van der Waals surface area contributed by atoms with E-state index < -0.39 is 6.04 Å². The van der Waals surface area contributed by atoms with E-state index >= 15 is 0 Å². The fourth-order valence-corrected chi connectivity index (χ4v) is 3.31. The Kier molecular flexibility index (Phi) is 6.00. The molecule has 0 radical (unpaired) electrons. The van der Waals surface area contributed by atoms with Crippen molar-refractivity contribution in [3.8, 4) is 0 Å². The van der Waals surface area contributed by atoms with Gasteiger partial charge >= 0.3 is 0 Å². The highest BCUT2D eigenvalue weighted by Crippen LogP contribution is 2.25. The van der Waals surface area contributed by atoms with Crippen molar-refractivity contribution in [1.82, 2.24) is 10.2 Å². The number of nitrogens with zero attached hydrogens (tertiary/aromatic N) is 1. The molecule has 5 heteroatoms. The van der Waals surface area contributed by atoms with Gasteiger partial charge in [0.25, 0.3) is 0 Å². The van der Waals surface area contributed by atoms with Gasteiger partial charge in [-0.15, -0.1) is 0 Å².